The van der Waals surface area contributed by atoms with Crippen molar-refractivity contribution in [2.45, 2.75) is 39.7 Å². The van der Waals surface area contributed by atoms with Crippen LogP contribution in [0.2, 0.25) is 0 Å². The molecule has 0 radical (unpaired) electrons. The Kier molecular flexibility index (Phi) is 4.82. The molecule has 2 aromatic carbocycles. The Morgan fingerprint density at radius 2 is 1.82 bits per heavy atom. The summed E-state index contributed by atoms with van der Waals surface area (Å²) in [6.45, 7) is 3.98. The lowest BCUT2D eigenvalue weighted by molar-refractivity contribution is -0.117. The maximum Gasteiger partial charge on any atom is 0.267 e. The van der Waals surface area contributed by atoms with Gasteiger partial charge in [-0.25, -0.2) is 4.68 Å². The largest absolute Gasteiger partial charge is 0.324 e. The van der Waals surface area contributed by atoms with Crippen LogP contribution in [0.25, 0.3) is 11.3 Å². The Balaban J connectivity index is 1.53. The van der Waals surface area contributed by atoms with Crippen molar-refractivity contribution in [3.8, 4) is 11.3 Å². The standard InChI is InChI=1S/C23H23N3O2/c1-15-6-7-19(12-16(15)2)21-10-11-23(28)26(25-21)14-22(27)24-20-9-8-17-4-3-5-18(17)13-20/h6-13H,3-5,14H2,1-2H3,(H,24,27). The molecule has 0 bridgehead atoms. The molecule has 1 aromatic heterocycles. The van der Waals surface area contributed by atoms with Gasteiger partial charge in [-0.3, -0.25) is 9.59 Å². The molecule has 0 aliphatic heterocycles. The lowest BCUT2D eigenvalue weighted by Crippen LogP contribution is -2.29. The van der Waals surface area contributed by atoms with Gasteiger partial charge in [-0.15, -0.1) is 0 Å². The zero-order valence-corrected chi connectivity index (χ0v) is 16.2. The van der Waals surface area contributed by atoms with Gasteiger partial charge in [0.15, 0.2) is 0 Å². The van der Waals surface area contributed by atoms with Crippen LogP contribution in [0.4, 0.5) is 5.69 Å². The fourth-order valence-corrected chi connectivity index (χ4v) is 3.60. The first kappa shape index (κ1) is 18.2. The van der Waals surface area contributed by atoms with Gasteiger partial charge < -0.3 is 5.32 Å². The zero-order valence-electron chi connectivity index (χ0n) is 16.2. The number of aromatic nitrogens is 2. The second kappa shape index (κ2) is 7.43. The maximum atomic E-state index is 12.5. The van der Waals surface area contributed by atoms with E-state index < -0.39 is 0 Å². The molecule has 4 rings (SSSR count). The lowest BCUT2D eigenvalue weighted by atomic mass is 10.0. The summed E-state index contributed by atoms with van der Waals surface area (Å²) >= 11 is 0. The molecule has 28 heavy (non-hydrogen) atoms. The average Bonchev–Trinajstić information content (AvgIpc) is 3.13. The summed E-state index contributed by atoms with van der Waals surface area (Å²) in [7, 11) is 0. The normalized spacial score (nSPS) is 12.6. The molecule has 5 nitrogen and oxygen atoms in total. The quantitative estimate of drug-likeness (QED) is 0.759. The third kappa shape index (κ3) is 3.74. The number of nitrogens with zero attached hydrogens (tertiary/aromatic N) is 2. The van der Waals surface area contributed by atoms with Gasteiger partial charge in [-0.2, -0.15) is 5.10 Å². The molecule has 3 aromatic rings. The van der Waals surface area contributed by atoms with Gasteiger partial charge in [-0.05, 0) is 79.6 Å². The van der Waals surface area contributed by atoms with Crippen LogP contribution in [0.15, 0.2) is 53.3 Å². The van der Waals surface area contributed by atoms with Crippen LogP contribution in [0.1, 0.15) is 28.7 Å². The second-order valence-electron chi connectivity index (χ2n) is 7.40. The summed E-state index contributed by atoms with van der Waals surface area (Å²) in [5.74, 6) is -0.259. The number of rotatable bonds is 4. The molecule has 1 heterocycles. The van der Waals surface area contributed by atoms with Crippen molar-refractivity contribution in [3.63, 3.8) is 0 Å². The van der Waals surface area contributed by atoms with E-state index in [1.54, 1.807) is 6.07 Å². The summed E-state index contributed by atoms with van der Waals surface area (Å²) in [4.78, 5) is 24.7. The highest BCUT2D eigenvalue weighted by Crippen LogP contribution is 2.25. The van der Waals surface area contributed by atoms with Crippen LogP contribution >= 0.6 is 0 Å². The first-order valence-electron chi connectivity index (χ1n) is 9.57. The van der Waals surface area contributed by atoms with Gasteiger partial charge >= 0.3 is 0 Å². The van der Waals surface area contributed by atoms with E-state index in [-0.39, 0.29) is 18.0 Å². The van der Waals surface area contributed by atoms with E-state index in [1.807, 2.05) is 37.3 Å². The van der Waals surface area contributed by atoms with Crippen LogP contribution in [-0.2, 0) is 24.2 Å². The molecular weight excluding hydrogens is 350 g/mol. The third-order valence-corrected chi connectivity index (χ3v) is 5.34. The fraction of sp³-hybridized carbons (Fsp3) is 0.261. The fourth-order valence-electron chi connectivity index (χ4n) is 3.60. The smallest absolute Gasteiger partial charge is 0.267 e. The zero-order chi connectivity index (χ0) is 19.7. The first-order valence-corrected chi connectivity index (χ1v) is 9.57. The molecule has 5 heteroatoms. The topological polar surface area (TPSA) is 64.0 Å². The molecule has 0 unspecified atom stereocenters. The van der Waals surface area contributed by atoms with Gasteiger partial charge in [-0.1, -0.05) is 18.2 Å². The summed E-state index contributed by atoms with van der Waals surface area (Å²) < 4.78 is 1.22. The molecule has 0 saturated carbocycles. The minimum Gasteiger partial charge on any atom is -0.324 e. The van der Waals surface area contributed by atoms with Gasteiger partial charge in [0.25, 0.3) is 5.56 Å². The van der Waals surface area contributed by atoms with E-state index in [9.17, 15) is 9.59 Å². The number of aryl methyl sites for hydroxylation is 4. The number of amides is 1. The number of carbonyl (C=O) groups excluding carboxylic acids is 1. The van der Waals surface area contributed by atoms with E-state index in [0.29, 0.717) is 5.69 Å². The predicted molar refractivity (Wildman–Crippen MR) is 111 cm³/mol. The maximum absolute atomic E-state index is 12.5. The van der Waals surface area contributed by atoms with Crippen molar-refractivity contribution >= 4 is 11.6 Å². The van der Waals surface area contributed by atoms with E-state index in [4.69, 9.17) is 0 Å². The van der Waals surface area contributed by atoms with Crippen molar-refractivity contribution in [1.29, 1.82) is 0 Å². The monoisotopic (exact) mass is 373 g/mol. The molecule has 1 N–H and O–H groups in total. The molecule has 0 fully saturated rings. The molecule has 0 spiro atoms. The van der Waals surface area contributed by atoms with Gasteiger partial charge in [0.2, 0.25) is 5.91 Å². The Morgan fingerprint density at radius 1 is 1.00 bits per heavy atom. The van der Waals surface area contributed by atoms with E-state index >= 15 is 0 Å². The predicted octanol–water partition coefficient (Wildman–Crippen LogP) is 3.65. The highest BCUT2D eigenvalue weighted by molar-refractivity contribution is 5.90. The number of anilines is 1. The molecule has 1 aliphatic carbocycles. The minimum atomic E-state index is -0.295. The van der Waals surface area contributed by atoms with Crippen LogP contribution in [0.5, 0.6) is 0 Å². The minimum absolute atomic E-state index is 0.116. The Labute approximate surface area is 164 Å². The van der Waals surface area contributed by atoms with Gasteiger partial charge in [0.05, 0.1) is 5.69 Å². The number of carbonyl (C=O) groups is 1. The van der Waals surface area contributed by atoms with Gasteiger partial charge in [0, 0.05) is 17.3 Å². The Hall–Kier alpha value is -3.21. The number of hydrogen-bond donors (Lipinski definition) is 1. The lowest BCUT2D eigenvalue weighted by Gasteiger charge is -2.10. The summed E-state index contributed by atoms with van der Waals surface area (Å²) in [6, 6.07) is 15.2. The van der Waals surface area contributed by atoms with Crippen LogP contribution in [0, 0.1) is 13.8 Å². The summed E-state index contributed by atoms with van der Waals surface area (Å²) in [5, 5.41) is 7.28. The number of nitrogens with one attached hydrogen (secondary N) is 1. The molecule has 0 saturated heterocycles. The molecule has 142 valence electrons. The van der Waals surface area contributed by atoms with Crippen molar-refractivity contribution in [3.05, 3.63) is 81.1 Å². The summed E-state index contributed by atoms with van der Waals surface area (Å²) in [5.41, 5.74) is 7.09. The number of fused-ring (bicyclic) bond motifs is 1. The van der Waals surface area contributed by atoms with Crippen molar-refractivity contribution < 1.29 is 4.79 Å². The highest BCUT2D eigenvalue weighted by atomic mass is 16.2. The van der Waals surface area contributed by atoms with E-state index in [2.05, 4.69) is 23.4 Å². The SMILES string of the molecule is Cc1ccc(-c2ccc(=O)n(CC(=O)Nc3ccc4c(c3)CCC4)n2)cc1C. The first-order chi connectivity index (χ1) is 13.5. The van der Waals surface area contributed by atoms with E-state index in [0.717, 1.165) is 36.1 Å². The third-order valence-electron chi connectivity index (χ3n) is 5.34. The molecule has 0 atom stereocenters. The van der Waals surface area contributed by atoms with Crippen molar-refractivity contribution in [2.75, 3.05) is 5.32 Å². The Morgan fingerprint density at radius 3 is 2.64 bits per heavy atom. The van der Waals surface area contributed by atoms with Crippen molar-refractivity contribution in [2.24, 2.45) is 0 Å². The van der Waals surface area contributed by atoms with Gasteiger partial charge in [0.1, 0.15) is 6.54 Å². The molecular formula is C23H23N3O2. The Bertz CT molecular complexity index is 1120. The van der Waals surface area contributed by atoms with Crippen LogP contribution < -0.4 is 10.9 Å². The average molecular weight is 373 g/mol. The highest BCUT2D eigenvalue weighted by Gasteiger charge is 2.13. The molecule has 1 amide bonds. The van der Waals surface area contributed by atoms with Crippen molar-refractivity contribution in [1.82, 2.24) is 9.78 Å². The summed E-state index contributed by atoms with van der Waals surface area (Å²) in [6.07, 6.45) is 3.32. The van der Waals surface area contributed by atoms with E-state index in [1.165, 1.54) is 27.4 Å². The van der Waals surface area contributed by atoms with Crippen LogP contribution in [-0.4, -0.2) is 15.7 Å². The number of benzene rings is 2. The van der Waals surface area contributed by atoms with Crippen LogP contribution in [0.3, 0.4) is 0 Å². The number of hydrogen-bond acceptors (Lipinski definition) is 3. The molecule has 1 aliphatic rings. The second-order valence-corrected chi connectivity index (χ2v) is 7.40.